The average Bonchev–Trinajstić information content (AvgIpc) is 2.86. The fourth-order valence-corrected chi connectivity index (χ4v) is 2.21. The monoisotopic (exact) mass is 263 g/mol. The van der Waals surface area contributed by atoms with Crippen LogP contribution < -0.4 is 0 Å². The maximum atomic E-state index is 8.84. The van der Waals surface area contributed by atoms with Crippen molar-refractivity contribution >= 4 is 11.1 Å². The van der Waals surface area contributed by atoms with Gasteiger partial charge >= 0.3 is 0 Å². The van der Waals surface area contributed by atoms with Gasteiger partial charge in [0.05, 0.1) is 23.0 Å². The Morgan fingerprint density at radius 3 is 2.60 bits per heavy atom. The van der Waals surface area contributed by atoms with E-state index < -0.39 is 0 Å². The summed E-state index contributed by atoms with van der Waals surface area (Å²) >= 11 is 0. The van der Waals surface area contributed by atoms with Crippen LogP contribution in [0.5, 0.6) is 0 Å². The summed E-state index contributed by atoms with van der Waals surface area (Å²) in [5.41, 5.74) is 4.97. The molecule has 0 atom stereocenters. The standard InChI is InChI=1S/C16H13N3O/c1-3-13-16-15(18-10(2)20-16)8-14(19-13)12-6-4-11(9-17)5-7-12/h4-8H,3H2,1-2H3. The van der Waals surface area contributed by atoms with Crippen LogP contribution in [0, 0.1) is 18.3 Å². The summed E-state index contributed by atoms with van der Waals surface area (Å²) < 4.78 is 5.60. The maximum absolute atomic E-state index is 8.84. The van der Waals surface area contributed by atoms with E-state index in [-0.39, 0.29) is 0 Å². The fourth-order valence-electron chi connectivity index (χ4n) is 2.21. The lowest BCUT2D eigenvalue weighted by molar-refractivity contribution is 0.556. The van der Waals surface area contributed by atoms with Crippen molar-refractivity contribution in [3.8, 4) is 17.3 Å². The van der Waals surface area contributed by atoms with E-state index in [9.17, 15) is 0 Å². The number of hydrogen-bond acceptors (Lipinski definition) is 4. The van der Waals surface area contributed by atoms with Crippen LogP contribution in [0.1, 0.15) is 24.1 Å². The minimum atomic E-state index is 0.642. The van der Waals surface area contributed by atoms with Gasteiger partial charge in [-0.25, -0.2) is 9.97 Å². The SMILES string of the molecule is CCc1nc(-c2ccc(C#N)cc2)cc2nc(C)oc12. The second-order valence-electron chi connectivity index (χ2n) is 4.58. The van der Waals surface area contributed by atoms with Crippen LogP contribution in [0.2, 0.25) is 0 Å². The van der Waals surface area contributed by atoms with Crippen molar-refractivity contribution in [1.82, 2.24) is 9.97 Å². The Hall–Kier alpha value is -2.67. The predicted octanol–water partition coefficient (Wildman–Crippen LogP) is 3.63. The topological polar surface area (TPSA) is 62.7 Å². The van der Waals surface area contributed by atoms with Crippen molar-refractivity contribution < 1.29 is 4.42 Å². The zero-order valence-electron chi connectivity index (χ0n) is 11.3. The summed E-state index contributed by atoms with van der Waals surface area (Å²) in [6.07, 6.45) is 0.787. The number of hydrogen-bond donors (Lipinski definition) is 0. The van der Waals surface area contributed by atoms with Gasteiger partial charge in [-0.1, -0.05) is 19.1 Å². The smallest absolute Gasteiger partial charge is 0.192 e. The molecule has 0 saturated heterocycles. The highest BCUT2D eigenvalue weighted by molar-refractivity contribution is 5.80. The molecule has 0 amide bonds. The Labute approximate surface area is 116 Å². The number of rotatable bonds is 2. The predicted molar refractivity (Wildman–Crippen MR) is 76.1 cm³/mol. The van der Waals surface area contributed by atoms with E-state index >= 15 is 0 Å². The van der Waals surface area contributed by atoms with Crippen LogP contribution in [0.15, 0.2) is 34.7 Å². The second kappa shape index (κ2) is 4.78. The quantitative estimate of drug-likeness (QED) is 0.708. The molecule has 2 aromatic heterocycles. The molecule has 0 aliphatic carbocycles. The molecule has 4 nitrogen and oxygen atoms in total. The number of nitriles is 1. The van der Waals surface area contributed by atoms with E-state index in [1.807, 2.05) is 32.0 Å². The number of aromatic nitrogens is 2. The van der Waals surface area contributed by atoms with Crippen molar-refractivity contribution in [2.24, 2.45) is 0 Å². The molecular weight excluding hydrogens is 250 g/mol. The van der Waals surface area contributed by atoms with E-state index in [0.29, 0.717) is 11.5 Å². The van der Waals surface area contributed by atoms with E-state index in [4.69, 9.17) is 9.68 Å². The van der Waals surface area contributed by atoms with E-state index in [2.05, 4.69) is 16.0 Å². The molecule has 2 heterocycles. The molecule has 0 saturated carbocycles. The van der Waals surface area contributed by atoms with Gasteiger partial charge in [0.15, 0.2) is 11.5 Å². The number of aryl methyl sites for hydroxylation is 2. The molecule has 3 aromatic rings. The second-order valence-corrected chi connectivity index (χ2v) is 4.58. The number of benzene rings is 1. The Morgan fingerprint density at radius 1 is 1.20 bits per heavy atom. The molecule has 98 valence electrons. The zero-order valence-corrected chi connectivity index (χ0v) is 11.3. The first-order chi connectivity index (χ1) is 9.71. The number of fused-ring (bicyclic) bond motifs is 1. The maximum Gasteiger partial charge on any atom is 0.192 e. The number of pyridine rings is 1. The number of oxazole rings is 1. The summed E-state index contributed by atoms with van der Waals surface area (Å²) in [5.74, 6) is 0.647. The Balaban J connectivity index is 2.17. The zero-order chi connectivity index (χ0) is 14.1. The van der Waals surface area contributed by atoms with Crippen molar-refractivity contribution in [3.05, 3.63) is 47.5 Å². The summed E-state index contributed by atoms with van der Waals surface area (Å²) in [5, 5.41) is 8.84. The molecule has 4 heteroatoms. The van der Waals surface area contributed by atoms with Crippen LogP contribution in [-0.4, -0.2) is 9.97 Å². The van der Waals surface area contributed by atoms with Gasteiger partial charge in [-0.2, -0.15) is 5.26 Å². The molecule has 1 aromatic carbocycles. The molecule has 3 rings (SSSR count). The lowest BCUT2D eigenvalue weighted by Gasteiger charge is -2.04. The van der Waals surface area contributed by atoms with Crippen molar-refractivity contribution in [2.45, 2.75) is 20.3 Å². The molecule has 0 N–H and O–H groups in total. The first-order valence-electron chi connectivity index (χ1n) is 6.49. The van der Waals surface area contributed by atoms with Crippen LogP contribution in [0.3, 0.4) is 0 Å². The fraction of sp³-hybridized carbons (Fsp3) is 0.188. The van der Waals surface area contributed by atoms with Crippen molar-refractivity contribution in [1.29, 1.82) is 5.26 Å². The van der Waals surface area contributed by atoms with Gasteiger partial charge in [-0.3, -0.25) is 0 Å². The molecule has 0 radical (unpaired) electrons. The van der Waals surface area contributed by atoms with Gasteiger partial charge in [0.25, 0.3) is 0 Å². The van der Waals surface area contributed by atoms with Gasteiger partial charge in [0.1, 0.15) is 5.52 Å². The molecule has 0 aliphatic rings. The van der Waals surface area contributed by atoms with Gasteiger partial charge < -0.3 is 4.42 Å². The van der Waals surface area contributed by atoms with Crippen LogP contribution in [0.4, 0.5) is 0 Å². The number of nitrogens with zero attached hydrogens (tertiary/aromatic N) is 3. The summed E-state index contributed by atoms with van der Waals surface area (Å²) in [7, 11) is 0. The minimum Gasteiger partial charge on any atom is -0.439 e. The molecular formula is C16H13N3O. The van der Waals surface area contributed by atoms with Gasteiger partial charge in [-0.05, 0) is 24.6 Å². The summed E-state index contributed by atoms with van der Waals surface area (Å²) in [6, 6.07) is 11.4. The first kappa shape index (κ1) is 12.4. The third-order valence-electron chi connectivity index (χ3n) is 3.20. The van der Waals surface area contributed by atoms with Gasteiger partial charge in [-0.15, -0.1) is 0 Å². The van der Waals surface area contributed by atoms with Gasteiger partial charge in [0.2, 0.25) is 0 Å². The Bertz CT molecular complexity index is 810. The molecule has 0 spiro atoms. The normalized spacial score (nSPS) is 10.7. The molecule has 0 bridgehead atoms. The molecule has 0 aliphatic heterocycles. The first-order valence-corrected chi connectivity index (χ1v) is 6.49. The lowest BCUT2D eigenvalue weighted by atomic mass is 10.1. The van der Waals surface area contributed by atoms with Crippen LogP contribution in [-0.2, 0) is 6.42 Å². The highest BCUT2D eigenvalue weighted by Gasteiger charge is 2.11. The van der Waals surface area contributed by atoms with E-state index in [1.54, 1.807) is 12.1 Å². The van der Waals surface area contributed by atoms with E-state index in [0.717, 1.165) is 34.5 Å². The minimum absolute atomic E-state index is 0.642. The van der Waals surface area contributed by atoms with Crippen molar-refractivity contribution in [2.75, 3.05) is 0 Å². The molecule has 0 fully saturated rings. The van der Waals surface area contributed by atoms with Crippen LogP contribution >= 0.6 is 0 Å². The lowest BCUT2D eigenvalue weighted by Crippen LogP contribution is -1.92. The Kier molecular flexibility index (Phi) is 2.96. The summed E-state index contributed by atoms with van der Waals surface area (Å²) in [4.78, 5) is 9.02. The van der Waals surface area contributed by atoms with Crippen molar-refractivity contribution in [3.63, 3.8) is 0 Å². The highest BCUT2D eigenvalue weighted by Crippen LogP contribution is 2.25. The van der Waals surface area contributed by atoms with Gasteiger partial charge in [0, 0.05) is 12.5 Å². The Morgan fingerprint density at radius 2 is 1.95 bits per heavy atom. The largest absolute Gasteiger partial charge is 0.439 e. The average molecular weight is 263 g/mol. The third-order valence-corrected chi connectivity index (χ3v) is 3.20. The summed E-state index contributed by atoms with van der Waals surface area (Å²) in [6.45, 7) is 3.88. The third kappa shape index (κ3) is 2.04. The van der Waals surface area contributed by atoms with Crippen LogP contribution in [0.25, 0.3) is 22.4 Å². The van der Waals surface area contributed by atoms with E-state index in [1.165, 1.54) is 0 Å². The molecule has 20 heavy (non-hydrogen) atoms. The highest BCUT2D eigenvalue weighted by atomic mass is 16.3. The molecule has 0 unspecified atom stereocenters.